The minimum Gasteiger partial charge on any atom is -0.318 e. The molecule has 1 nitrogen and oxygen atoms in total. The van der Waals surface area contributed by atoms with Crippen LogP contribution in [0.15, 0.2) is 36.4 Å². The van der Waals surface area contributed by atoms with Gasteiger partial charge in [0.2, 0.25) is 0 Å². The van der Waals surface area contributed by atoms with Crippen molar-refractivity contribution in [1.29, 1.82) is 0 Å². The molecule has 2 aromatic rings. The highest BCUT2D eigenvalue weighted by atomic mass is 19.1. The van der Waals surface area contributed by atoms with Crippen LogP contribution < -0.4 is 5.73 Å². The molecule has 0 heterocycles. The molecule has 1 aliphatic carbocycles. The molecule has 1 unspecified atom stereocenters. The van der Waals surface area contributed by atoms with Crippen LogP contribution in [0.5, 0.6) is 0 Å². The van der Waals surface area contributed by atoms with Crippen LogP contribution in [0.1, 0.15) is 42.0 Å². The number of nitrogens with two attached hydrogens (primary N) is 1. The van der Waals surface area contributed by atoms with Crippen molar-refractivity contribution in [3.63, 3.8) is 0 Å². The van der Waals surface area contributed by atoms with Gasteiger partial charge in [0.15, 0.2) is 0 Å². The summed E-state index contributed by atoms with van der Waals surface area (Å²) in [4.78, 5) is 0. The minimum absolute atomic E-state index is 0.454. The van der Waals surface area contributed by atoms with Crippen LogP contribution in [-0.2, 0) is 18.4 Å². The van der Waals surface area contributed by atoms with Crippen molar-refractivity contribution < 1.29 is 8.78 Å². The number of rotatable bonds is 2. The Labute approximate surface area is 123 Å². The minimum atomic E-state index is -0.907. The highest BCUT2D eigenvalue weighted by molar-refractivity contribution is 5.42. The van der Waals surface area contributed by atoms with Gasteiger partial charge in [-0.3, -0.25) is 0 Å². The Morgan fingerprint density at radius 3 is 2.14 bits per heavy atom. The monoisotopic (exact) mass is 287 g/mol. The Bertz CT molecular complexity index is 657. The van der Waals surface area contributed by atoms with Gasteiger partial charge in [-0.15, -0.1) is 0 Å². The molecule has 1 aliphatic rings. The third kappa shape index (κ3) is 2.70. The summed E-state index contributed by atoms with van der Waals surface area (Å²) in [6.45, 7) is 1.80. The molecule has 0 aliphatic heterocycles. The molecule has 3 heteroatoms. The number of fused-ring (bicyclic) bond motifs is 1. The van der Waals surface area contributed by atoms with Crippen LogP contribution in [0, 0.1) is 11.6 Å². The van der Waals surface area contributed by atoms with Crippen LogP contribution in [0.25, 0.3) is 0 Å². The standard InChI is InChI=1S/C18H19F2N/c1-18(21,15-9-16(19)11-17(20)10-15)14-7-6-12-4-2-3-5-13(12)8-14/h6-11H,2-5,21H2,1H3. The molecule has 0 saturated carbocycles. The van der Waals surface area contributed by atoms with Gasteiger partial charge >= 0.3 is 0 Å². The number of hydrogen-bond donors (Lipinski definition) is 1. The first-order chi connectivity index (χ1) is 9.96. The van der Waals surface area contributed by atoms with Gasteiger partial charge in [-0.2, -0.15) is 0 Å². The van der Waals surface area contributed by atoms with E-state index in [9.17, 15) is 8.78 Å². The molecule has 2 aromatic carbocycles. The van der Waals surface area contributed by atoms with Gasteiger partial charge in [-0.1, -0.05) is 18.2 Å². The Hall–Kier alpha value is -1.74. The smallest absolute Gasteiger partial charge is 0.126 e. The van der Waals surface area contributed by atoms with E-state index in [1.807, 2.05) is 6.07 Å². The summed E-state index contributed by atoms with van der Waals surface area (Å²) in [5, 5.41) is 0. The summed E-state index contributed by atoms with van der Waals surface area (Å²) >= 11 is 0. The number of aryl methyl sites for hydroxylation is 2. The maximum atomic E-state index is 13.5. The van der Waals surface area contributed by atoms with E-state index >= 15 is 0 Å². The third-order valence-corrected chi connectivity index (χ3v) is 4.41. The first-order valence-corrected chi connectivity index (χ1v) is 7.34. The third-order valence-electron chi connectivity index (χ3n) is 4.41. The fourth-order valence-electron chi connectivity index (χ4n) is 3.08. The fraction of sp³-hybridized carbons (Fsp3) is 0.333. The molecule has 0 saturated heterocycles. The predicted molar refractivity (Wildman–Crippen MR) is 80.1 cm³/mol. The van der Waals surface area contributed by atoms with Crippen LogP contribution in [-0.4, -0.2) is 0 Å². The van der Waals surface area contributed by atoms with Gasteiger partial charge in [0.1, 0.15) is 11.6 Å². The quantitative estimate of drug-likeness (QED) is 0.885. The summed E-state index contributed by atoms with van der Waals surface area (Å²) in [7, 11) is 0. The molecule has 0 fully saturated rings. The van der Waals surface area contributed by atoms with Gasteiger partial charge in [0.25, 0.3) is 0 Å². The van der Waals surface area contributed by atoms with Crippen molar-refractivity contribution >= 4 is 0 Å². The van der Waals surface area contributed by atoms with Crippen LogP contribution >= 0.6 is 0 Å². The zero-order valence-corrected chi connectivity index (χ0v) is 12.1. The van der Waals surface area contributed by atoms with E-state index < -0.39 is 17.2 Å². The van der Waals surface area contributed by atoms with E-state index in [1.54, 1.807) is 6.92 Å². The summed E-state index contributed by atoms with van der Waals surface area (Å²) in [5.74, 6) is -1.20. The number of halogens is 2. The first-order valence-electron chi connectivity index (χ1n) is 7.34. The Kier molecular flexibility index (Phi) is 3.54. The molecule has 0 radical (unpaired) electrons. The van der Waals surface area contributed by atoms with Crippen LogP contribution in [0.4, 0.5) is 8.78 Å². The van der Waals surface area contributed by atoms with Gasteiger partial charge in [0.05, 0.1) is 5.54 Å². The van der Waals surface area contributed by atoms with Crippen LogP contribution in [0.3, 0.4) is 0 Å². The van der Waals surface area contributed by atoms with Gasteiger partial charge in [0, 0.05) is 6.07 Å². The lowest BCUT2D eigenvalue weighted by Gasteiger charge is -2.28. The molecule has 21 heavy (non-hydrogen) atoms. The molecule has 3 rings (SSSR count). The fourth-order valence-corrected chi connectivity index (χ4v) is 3.08. The van der Waals surface area contributed by atoms with Crippen molar-refractivity contribution in [1.82, 2.24) is 0 Å². The van der Waals surface area contributed by atoms with Crippen LogP contribution in [0.2, 0.25) is 0 Å². The normalized spacial score (nSPS) is 17.1. The first kappa shape index (κ1) is 14.2. The topological polar surface area (TPSA) is 26.0 Å². The van der Waals surface area contributed by atoms with Crippen molar-refractivity contribution in [3.05, 3.63) is 70.3 Å². The lowest BCUT2D eigenvalue weighted by atomic mass is 9.82. The SMILES string of the molecule is CC(N)(c1cc(F)cc(F)c1)c1ccc2c(c1)CCCC2. The maximum absolute atomic E-state index is 13.5. The van der Waals surface area contributed by atoms with Crippen molar-refractivity contribution in [3.8, 4) is 0 Å². The van der Waals surface area contributed by atoms with Gasteiger partial charge in [-0.25, -0.2) is 8.78 Å². The average molecular weight is 287 g/mol. The zero-order valence-electron chi connectivity index (χ0n) is 12.1. The second-order valence-corrected chi connectivity index (χ2v) is 6.05. The Morgan fingerprint density at radius 1 is 0.857 bits per heavy atom. The Morgan fingerprint density at radius 2 is 1.48 bits per heavy atom. The van der Waals surface area contributed by atoms with Gasteiger partial charge in [-0.05, 0) is 67.0 Å². The van der Waals surface area contributed by atoms with E-state index in [1.165, 1.54) is 36.1 Å². The van der Waals surface area contributed by atoms with E-state index in [4.69, 9.17) is 5.73 Å². The number of benzene rings is 2. The van der Waals surface area contributed by atoms with E-state index in [-0.39, 0.29) is 0 Å². The lowest BCUT2D eigenvalue weighted by Crippen LogP contribution is -2.34. The molecule has 0 aromatic heterocycles. The Balaban J connectivity index is 2.04. The van der Waals surface area contributed by atoms with Crippen molar-refractivity contribution in [2.45, 2.75) is 38.1 Å². The van der Waals surface area contributed by atoms with Crippen molar-refractivity contribution in [2.24, 2.45) is 5.73 Å². The van der Waals surface area contributed by atoms with E-state index in [2.05, 4.69) is 12.1 Å². The molecular formula is C18H19F2N. The molecule has 0 spiro atoms. The molecular weight excluding hydrogens is 268 g/mol. The molecule has 110 valence electrons. The molecule has 0 bridgehead atoms. The summed E-state index contributed by atoms with van der Waals surface area (Å²) in [6, 6.07) is 9.66. The number of hydrogen-bond acceptors (Lipinski definition) is 1. The largest absolute Gasteiger partial charge is 0.318 e. The van der Waals surface area contributed by atoms with Crippen molar-refractivity contribution in [2.75, 3.05) is 0 Å². The highest BCUT2D eigenvalue weighted by Crippen LogP contribution is 2.31. The predicted octanol–water partition coefficient (Wildman–Crippen LogP) is 4.07. The summed E-state index contributed by atoms with van der Waals surface area (Å²) < 4.78 is 26.9. The summed E-state index contributed by atoms with van der Waals surface area (Å²) in [5.41, 5.74) is 9.52. The maximum Gasteiger partial charge on any atom is 0.126 e. The molecule has 0 amide bonds. The lowest BCUT2D eigenvalue weighted by molar-refractivity contribution is 0.549. The zero-order chi connectivity index (χ0) is 15.0. The van der Waals surface area contributed by atoms with E-state index in [0.717, 1.165) is 24.5 Å². The summed E-state index contributed by atoms with van der Waals surface area (Å²) in [6.07, 6.45) is 4.57. The second kappa shape index (κ2) is 5.23. The van der Waals surface area contributed by atoms with Gasteiger partial charge < -0.3 is 5.73 Å². The molecule has 2 N–H and O–H groups in total. The second-order valence-electron chi connectivity index (χ2n) is 6.05. The molecule has 1 atom stereocenters. The average Bonchev–Trinajstić information content (AvgIpc) is 2.45. The highest BCUT2D eigenvalue weighted by Gasteiger charge is 2.26. The van der Waals surface area contributed by atoms with E-state index in [0.29, 0.717) is 5.56 Å².